The number of carbonyl (C=O) groups is 1. The molecule has 1 N–H and O–H groups in total. The van der Waals surface area contributed by atoms with E-state index in [1.54, 1.807) is 19.1 Å². The highest BCUT2D eigenvalue weighted by atomic mass is 32.2. The Kier molecular flexibility index (Phi) is 7.17. The smallest absolute Gasteiger partial charge is 0.243 e. The highest BCUT2D eigenvalue weighted by Gasteiger charge is 2.26. The Morgan fingerprint density at radius 2 is 1.69 bits per heavy atom. The quantitative estimate of drug-likeness (QED) is 0.729. The van der Waals surface area contributed by atoms with Gasteiger partial charge in [-0.3, -0.25) is 4.79 Å². The van der Waals surface area contributed by atoms with Gasteiger partial charge in [0.15, 0.2) is 0 Å². The number of likely N-dealkylation sites (N-methyl/N-ethyl adjacent to an activating group) is 1. The lowest BCUT2D eigenvalue weighted by molar-refractivity contribution is -0.121. The number of hydrogen-bond acceptors (Lipinski definition) is 4. The first-order valence-corrected chi connectivity index (χ1v) is 9.95. The SMILES string of the molecule is CCNC(=O)CN(Cc1ccccc1)S(=O)(=O)c1ccc(OCC)cc1. The molecule has 0 heterocycles. The maximum atomic E-state index is 13.1. The van der Waals surface area contributed by atoms with Gasteiger partial charge in [0, 0.05) is 13.1 Å². The minimum absolute atomic E-state index is 0.119. The average molecular weight is 376 g/mol. The summed E-state index contributed by atoms with van der Waals surface area (Å²) in [5.41, 5.74) is 0.811. The largest absolute Gasteiger partial charge is 0.494 e. The predicted octanol–water partition coefficient (Wildman–Crippen LogP) is 2.41. The van der Waals surface area contributed by atoms with Crippen LogP contribution in [0.5, 0.6) is 5.75 Å². The van der Waals surface area contributed by atoms with Crippen LogP contribution in [0, 0.1) is 0 Å². The summed E-state index contributed by atoms with van der Waals surface area (Å²) in [6.45, 7) is 4.48. The third-order valence-electron chi connectivity index (χ3n) is 3.67. The number of sulfonamides is 1. The minimum atomic E-state index is -3.83. The van der Waals surface area contributed by atoms with Crippen LogP contribution < -0.4 is 10.1 Å². The van der Waals surface area contributed by atoms with Crippen molar-refractivity contribution in [3.63, 3.8) is 0 Å². The summed E-state index contributed by atoms with van der Waals surface area (Å²) in [7, 11) is -3.83. The zero-order valence-electron chi connectivity index (χ0n) is 15.0. The Hall–Kier alpha value is -2.38. The second kappa shape index (κ2) is 9.35. The Morgan fingerprint density at radius 1 is 1.04 bits per heavy atom. The first kappa shape index (κ1) is 19.9. The molecule has 0 unspecified atom stereocenters. The van der Waals surface area contributed by atoms with E-state index in [9.17, 15) is 13.2 Å². The molecule has 0 saturated carbocycles. The van der Waals surface area contributed by atoms with Gasteiger partial charge in [-0.2, -0.15) is 4.31 Å². The average Bonchev–Trinajstić information content (AvgIpc) is 2.63. The van der Waals surface area contributed by atoms with Gasteiger partial charge < -0.3 is 10.1 Å². The lowest BCUT2D eigenvalue weighted by atomic mass is 10.2. The van der Waals surface area contributed by atoms with E-state index in [-0.39, 0.29) is 23.9 Å². The van der Waals surface area contributed by atoms with Crippen LogP contribution in [0.2, 0.25) is 0 Å². The fourth-order valence-corrected chi connectivity index (χ4v) is 3.83. The van der Waals surface area contributed by atoms with Gasteiger partial charge >= 0.3 is 0 Å². The molecule has 0 aliphatic heterocycles. The van der Waals surface area contributed by atoms with E-state index in [0.717, 1.165) is 5.56 Å². The van der Waals surface area contributed by atoms with Crippen molar-refractivity contribution in [1.82, 2.24) is 9.62 Å². The lowest BCUT2D eigenvalue weighted by Gasteiger charge is -2.22. The molecule has 2 aromatic carbocycles. The van der Waals surface area contributed by atoms with Crippen molar-refractivity contribution in [2.24, 2.45) is 0 Å². The van der Waals surface area contributed by atoms with E-state index in [1.165, 1.54) is 16.4 Å². The molecule has 0 aliphatic rings. The van der Waals surface area contributed by atoms with Gasteiger partial charge in [0.05, 0.1) is 18.0 Å². The summed E-state index contributed by atoms with van der Waals surface area (Å²) in [5, 5.41) is 2.65. The van der Waals surface area contributed by atoms with Gasteiger partial charge in [-0.15, -0.1) is 0 Å². The van der Waals surface area contributed by atoms with Crippen LogP contribution in [0.1, 0.15) is 19.4 Å². The van der Waals surface area contributed by atoms with Crippen molar-refractivity contribution in [2.45, 2.75) is 25.3 Å². The third-order valence-corrected chi connectivity index (χ3v) is 5.47. The molecule has 7 heteroatoms. The van der Waals surface area contributed by atoms with Crippen molar-refractivity contribution in [3.8, 4) is 5.75 Å². The Labute approximate surface area is 154 Å². The molecule has 26 heavy (non-hydrogen) atoms. The predicted molar refractivity (Wildman–Crippen MR) is 100 cm³/mol. The van der Waals surface area contributed by atoms with Gasteiger partial charge in [0.1, 0.15) is 5.75 Å². The van der Waals surface area contributed by atoms with Crippen LogP contribution in [0.25, 0.3) is 0 Å². The molecule has 0 saturated heterocycles. The molecule has 1 amide bonds. The van der Waals surface area contributed by atoms with Gasteiger partial charge in [0.25, 0.3) is 0 Å². The molecule has 0 spiro atoms. The Balaban J connectivity index is 2.30. The standard InChI is InChI=1S/C19H24N2O4S/c1-3-20-19(22)15-21(14-16-8-6-5-7-9-16)26(23,24)18-12-10-17(11-13-18)25-4-2/h5-13H,3-4,14-15H2,1-2H3,(H,20,22). The zero-order chi connectivity index (χ0) is 19.0. The number of nitrogens with one attached hydrogen (secondary N) is 1. The molecule has 0 fully saturated rings. The molecule has 0 radical (unpaired) electrons. The molecule has 0 aliphatic carbocycles. The summed E-state index contributed by atoms with van der Waals surface area (Å²) in [4.78, 5) is 12.1. The van der Waals surface area contributed by atoms with Crippen molar-refractivity contribution in [3.05, 3.63) is 60.2 Å². The maximum Gasteiger partial charge on any atom is 0.243 e. The fraction of sp³-hybridized carbons (Fsp3) is 0.316. The number of benzene rings is 2. The number of nitrogens with zero attached hydrogens (tertiary/aromatic N) is 1. The van der Waals surface area contributed by atoms with Crippen LogP contribution in [0.15, 0.2) is 59.5 Å². The monoisotopic (exact) mass is 376 g/mol. The Bertz CT molecular complexity index is 805. The summed E-state index contributed by atoms with van der Waals surface area (Å²) < 4.78 is 32.6. The molecule has 2 aromatic rings. The number of rotatable bonds is 9. The van der Waals surface area contributed by atoms with Crippen LogP contribution >= 0.6 is 0 Å². The molecule has 0 atom stereocenters. The fourth-order valence-electron chi connectivity index (χ4n) is 2.45. The molecular weight excluding hydrogens is 352 g/mol. The van der Waals surface area contributed by atoms with Gasteiger partial charge in [0.2, 0.25) is 15.9 Å². The van der Waals surface area contributed by atoms with Crippen LogP contribution in [-0.4, -0.2) is 38.3 Å². The van der Waals surface area contributed by atoms with Crippen molar-refractivity contribution < 1.29 is 17.9 Å². The second-order valence-electron chi connectivity index (χ2n) is 5.62. The number of carbonyl (C=O) groups excluding carboxylic acids is 1. The maximum absolute atomic E-state index is 13.1. The molecule has 0 bridgehead atoms. The summed E-state index contributed by atoms with van der Waals surface area (Å²) in [5.74, 6) is 0.266. The highest BCUT2D eigenvalue weighted by molar-refractivity contribution is 7.89. The van der Waals surface area contributed by atoms with E-state index < -0.39 is 10.0 Å². The summed E-state index contributed by atoms with van der Waals surface area (Å²) in [6.07, 6.45) is 0. The highest BCUT2D eigenvalue weighted by Crippen LogP contribution is 2.21. The zero-order valence-corrected chi connectivity index (χ0v) is 15.8. The number of amides is 1. The van der Waals surface area contributed by atoms with Gasteiger partial charge in [-0.05, 0) is 43.7 Å². The van der Waals surface area contributed by atoms with Crippen molar-refractivity contribution in [1.29, 1.82) is 0 Å². The van der Waals surface area contributed by atoms with E-state index in [1.807, 2.05) is 37.3 Å². The lowest BCUT2D eigenvalue weighted by Crippen LogP contribution is -2.40. The minimum Gasteiger partial charge on any atom is -0.494 e. The topological polar surface area (TPSA) is 75.7 Å². The molecule has 6 nitrogen and oxygen atoms in total. The first-order valence-electron chi connectivity index (χ1n) is 8.51. The molecule has 2 rings (SSSR count). The Morgan fingerprint density at radius 3 is 2.27 bits per heavy atom. The van der Waals surface area contributed by atoms with Crippen LogP contribution in [0.4, 0.5) is 0 Å². The van der Waals surface area contributed by atoms with Gasteiger partial charge in [-0.25, -0.2) is 8.42 Å². The number of hydrogen-bond donors (Lipinski definition) is 1. The van der Waals surface area contributed by atoms with E-state index in [2.05, 4.69) is 5.32 Å². The van der Waals surface area contributed by atoms with E-state index >= 15 is 0 Å². The molecule has 0 aromatic heterocycles. The van der Waals surface area contributed by atoms with Crippen LogP contribution in [0.3, 0.4) is 0 Å². The summed E-state index contributed by atoms with van der Waals surface area (Å²) in [6, 6.07) is 15.4. The molecule has 140 valence electrons. The van der Waals surface area contributed by atoms with Crippen molar-refractivity contribution in [2.75, 3.05) is 19.7 Å². The first-order chi connectivity index (χ1) is 12.5. The normalized spacial score (nSPS) is 11.3. The van der Waals surface area contributed by atoms with E-state index in [4.69, 9.17) is 4.74 Å². The second-order valence-corrected chi connectivity index (χ2v) is 7.55. The van der Waals surface area contributed by atoms with Crippen molar-refractivity contribution >= 4 is 15.9 Å². The summed E-state index contributed by atoms with van der Waals surface area (Å²) >= 11 is 0. The third kappa shape index (κ3) is 5.31. The van der Waals surface area contributed by atoms with Crippen LogP contribution in [-0.2, 0) is 21.4 Å². The van der Waals surface area contributed by atoms with Gasteiger partial charge in [-0.1, -0.05) is 30.3 Å². The van der Waals surface area contributed by atoms with E-state index in [0.29, 0.717) is 18.9 Å². The molecular formula is C19H24N2O4S. The number of ether oxygens (including phenoxy) is 1.